The minimum Gasteiger partial charge on any atom is -0.394 e. The van der Waals surface area contributed by atoms with Crippen molar-refractivity contribution in [1.29, 1.82) is 0 Å². The van der Waals surface area contributed by atoms with Gasteiger partial charge in [0.05, 0.1) is 31.3 Å². The normalized spacial score (nSPS) is 14.7. The highest BCUT2D eigenvalue weighted by molar-refractivity contribution is 5.76. The molecule has 0 aromatic rings. The van der Waals surface area contributed by atoms with E-state index in [1.807, 2.05) is 6.08 Å². The van der Waals surface area contributed by atoms with Gasteiger partial charge in [0.2, 0.25) is 5.91 Å². The molecule has 0 spiro atoms. The SMILES string of the molecule is CCCCCC/C=C/CC/C=C/C(O)C(CO)NC(=O)CC(O)CCC/C=C\CCCCCCCC. The molecule has 3 unspecified atom stereocenters. The van der Waals surface area contributed by atoms with E-state index in [2.05, 4.69) is 43.5 Å². The largest absolute Gasteiger partial charge is 0.394 e. The van der Waals surface area contributed by atoms with E-state index in [0.717, 1.165) is 38.5 Å². The molecule has 0 aliphatic heterocycles. The van der Waals surface area contributed by atoms with Crippen LogP contribution in [0.4, 0.5) is 0 Å². The summed E-state index contributed by atoms with van der Waals surface area (Å²) in [6.45, 7) is 4.10. The number of aliphatic hydroxyl groups is 3. The Bertz CT molecular complexity index is 573. The molecule has 0 rings (SSSR count). The third-order valence-electron chi connectivity index (χ3n) is 6.40. The number of nitrogens with one attached hydrogen (secondary N) is 1. The molecule has 36 heavy (non-hydrogen) atoms. The van der Waals surface area contributed by atoms with Gasteiger partial charge in [0, 0.05) is 0 Å². The van der Waals surface area contributed by atoms with Gasteiger partial charge in [-0.1, -0.05) is 102 Å². The first-order valence-electron chi connectivity index (χ1n) is 14.8. The molecule has 0 saturated heterocycles. The first kappa shape index (κ1) is 34.6. The fraction of sp³-hybridized carbons (Fsp3) is 0.774. The van der Waals surface area contributed by atoms with Crippen LogP contribution < -0.4 is 5.32 Å². The number of aliphatic hydroxyl groups excluding tert-OH is 3. The molecule has 0 radical (unpaired) electrons. The van der Waals surface area contributed by atoms with E-state index in [-0.39, 0.29) is 18.9 Å². The van der Waals surface area contributed by atoms with Gasteiger partial charge in [0.25, 0.3) is 0 Å². The summed E-state index contributed by atoms with van der Waals surface area (Å²) in [6, 6.07) is -0.764. The Morgan fingerprint density at radius 1 is 0.694 bits per heavy atom. The summed E-state index contributed by atoms with van der Waals surface area (Å²) >= 11 is 0. The minimum atomic E-state index is -0.953. The molecule has 0 aliphatic rings. The van der Waals surface area contributed by atoms with Gasteiger partial charge in [-0.15, -0.1) is 0 Å². The van der Waals surface area contributed by atoms with Crippen molar-refractivity contribution in [2.75, 3.05) is 6.61 Å². The molecule has 1 amide bonds. The number of carbonyl (C=O) groups is 1. The first-order valence-corrected chi connectivity index (χ1v) is 14.8. The van der Waals surface area contributed by atoms with E-state index < -0.39 is 18.2 Å². The maximum Gasteiger partial charge on any atom is 0.222 e. The fourth-order valence-corrected chi connectivity index (χ4v) is 4.06. The van der Waals surface area contributed by atoms with Crippen molar-refractivity contribution in [3.8, 4) is 0 Å². The lowest BCUT2D eigenvalue weighted by Gasteiger charge is -2.20. The van der Waals surface area contributed by atoms with Crippen LogP contribution in [0.5, 0.6) is 0 Å². The number of amides is 1. The van der Waals surface area contributed by atoms with Crippen LogP contribution in [0.1, 0.15) is 129 Å². The summed E-state index contributed by atoms with van der Waals surface area (Å²) in [5, 5.41) is 32.7. The Labute approximate surface area is 222 Å². The Kier molecular flexibility index (Phi) is 25.6. The van der Waals surface area contributed by atoms with E-state index in [1.54, 1.807) is 6.08 Å². The predicted octanol–water partition coefficient (Wildman–Crippen LogP) is 6.92. The lowest BCUT2D eigenvalue weighted by molar-refractivity contribution is -0.124. The summed E-state index contributed by atoms with van der Waals surface area (Å²) in [5.41, 5.74) is 0. The number of rotatable bonds is 25. The number of hydrogen-bond donors (Lipinski definition) is 4. The van der Waals surface area contributed by atoms with Gasteiger partial charge >= 0.3 is 0 Å². The molecule has 0 heterocycles. The molecular weight excluding hydrogens is 450 g/mol. The van der Waals surface area contributed by atoms with Crippen molar-refractivity contribution in [2.24, 2.45) is 0 Å². The molecule has 0 bridgehead atoms. The van der Waals surface area contributed by atoms with E-state index in [9.17, 15) is 20.1 Å². The molecule has 0 saturated carbocycles. The first-order chi connectivity index (χ1) is 17.5. The maximum absolute atomic E-state index is 12.2. The third kappa shape index (κ3) is 23.0. The van der Waals surface area contributed by atoms with Gasteiger partial charge in [0.15, 0.2) is 0 Å². The molecule has 4 N–H and O–H groups in total. The lowest BCUT2D eigenvalue weighted by Crippen LogP contribution is -2.45. The summed E-state index contributed by atoms with van der Waals surface area (Å²) in [4.78, 5) is 12.2. The highest BCUT2D eigenvalue weighted by Crippen LogP contribution is 2.10. The molecule has 210 valence electrons. The highest BCUT2D eigenvalue weighted by atomic mass is 16.3. The van der Waals surface area contributed by atoms with Gasteiger partial charge in [-0.25, -0.2) is 0 Å². The summed E-state index contributed by atoms with van der Waals surface area (Å²) < 4.78 is 0. The van der Waals surface area contributed by atoms with Gasteiger partial charge in [-0.3, -0.25) is 4.79 Å². The van der Waals surface area contributed by atoms with Gasteiger partial charge in [0.1, 0.15) is 0 Å². The zero-order valence-electron chi connectivity index (χ0n) is 23.4. The van der Waals surface area contributed by atoms with Crippen molar-refractivity contribution in [2.45, 2.75) is 148 Å². The third-order valence-corrected chi connectivity index (χ3v) is 6.40. The second-order valence-electron chi connectivity index (χ2n) is 9.99. The van der Waals surface area contributed by atoms with Crippen LogP contribution in [0.15, 0.2) is 36.5 Å². The monoisotopic (exact) mass is 507 g/mol. The number of unbranched alkanes of at least 4 members (excludes halogenated alkanes) is 12. The Hall–Kier alpha value is -1.43. The average Bonchev–Trinajstić information content (AvgIpc) is 2.86. The van der Waals surface area contributed by atoms with Crippen molar-refractivity contribution in [3.05, 3.63) is 36.5 Å². The zero-order valence-corrected chi connectivity index (χ0v) is 23.4. The van der Waals surface area contributed by atoms with Crippen LogP contribution >= 0.6 is 0 Å². The van der Waals surface area contributed by atoms with E-state index >= 15 is 0 Å². The maximum atomic E-state index is 12.2. The molecular formula is C31H57NO4. The Balaban J connectivity index is 3.94. The van der Waals surface area contributed by atoms with Crippen molar-refractivity contribution >= 4 is 5.91 Å². The number of carbonyl (C=O) groups excluding carboxylic acids is 1. The fourth-order valence-electron chi connectivity index (χ4n) is 4.06. The van der Waals surface area contributed by atoms with Gasteiger partial charge < -0.3 is 20.6 Å². The van der Waals surface area contributed by atoms with Crippen molar-refractivity contribution < 1.29 is 20.1 Å². The standard InChI is InChI=1S/C31H57NO4/c1-3-5-7-9-11-13-15-16-18-20-22-24-28(34)26-31(36)32-29(27-33)30(35)25-23-21-19-17-14-12-10-8-6-4-2/h14,16-18,23,25,28-30,33-35H,3-13,15,19-22,24,26-27H2,1-2H3,(H,32,36)/b17-14+,18-16-,25-23+. The predicted molar refractivity (Wildman–Crippen MR) is 153 cm³/mol. The van der Waals surface area contributed by atoms with Gasteiger partial charge in [-0.2, -0.15) is 0 Å². The van der Waals surface area contributed by atoms with Crippen LogP contribution in [0, 0.1) is 0 Å². The summed E-state index contributed by atoms with van der Waals surface area (Å²) in [7, 11) is 0. The van der Waals surface area contributed by atoms with E-state index in [0.29, 0.717) is 6.42 Å². The summed E-state index contributed by atoms with van der Waals surface area (Å²) in [6.07, 6.45) is 29.8. The molecule has 5 nitrogen and oxygen atoms in total. The lowest BCUT2D eigenvalue weighted by atomic mass is 10.1. The highest BCUT2D eigenvalue weighted by Gasteiger charge is 2.19. The average molecular weight is 508 g/mol. The van der Waals surface area contributed by atoms with Crippen molar-refractivity contribution in [3.63, 3.8) is 0 Å². The topological polar surface area (TPSA) is 89.8 Å². The van der Waals surface area contributed by atoms with Crippen LogP contribution in [0.2, 0.25) is 0 Å². The molecule has 0 fully saturated rings. The van der Waals surface area contributed by atoms with Crippen LogP contribution in [-0.4, -0.2) is 46.1 Å². The van der Waals surface area contributed by atoms with E-state index in [1.165, 1.54) is 64.2 Å². The smallest absolute Gasteiger partial charge is 0.222 e. The van der Waals surface area contributed by atoms with Crippen LogP contribution in [0.25, 0.3) is 0 Å². The van der Waals surface area contributed by atoms with Gasteiger partial charge in [-0.05, 0) is 57.8 Å². The van der Waals surface area contributed by atoms with Crippen LogP contribution in [-0.2, 0) is 4.79 Å². The summed E-state index contributed by atoms with van der Waals surface area (Å²) in [5.74, 6) is -0.348. The second kappa shape index (κ2) is 26.6. The molecule has 0 aromatic heterocycles. The van der Waals surface area contributed by atoms with Crippen molar-refractivity contribution in [1.82, 2.24) is 5.32 Å². The van der Waals surface area contributed by atoms with Crippen LogP contribution in [0.3, 0.4) is 0 Å². The zero-order chi connectivity index (χ0) is 26.7. The Morgan fingerprint density at radius 2 is 1.19 bits per heavy atom. The molecule has 0 aromatic carbocycles. The molecule has 3 atom stereocenters. The number of allylic oxidation sites excluding steroid dienone is 5. The molecule has 5 heteroatoms. The quantitative estimate of drug-likeness (QED) is 0.0798. The molecule has 0 aliphatic carbocycles. The Morgan fingerprint density at radius 3 is 1.81 bits per heavy atom. The second-order valence-corrected chi connectivity index (χ2v) is 9.99. The number of hydrogen-bond acceptors (Lipinski definition) is 4. The van der Waals surface area contributed by atoms with E-state index in [4.69, 9.17) is 0 Å². The minimum absolute atomic E-state index is 0.0164.